The van der Waals surface area contributed by atoms with Crippen LogP contribution in [0, 0.1) is 11.3 Å². The van der Waals surface area contributed by atoms with Crippen molar-refractivity contribution in [3.63, 3.8) is 0 Å². The number of halogens is 2. The normalized spacial score (nSPS) is 21.1. The first-order valence-electron chi connectivity index (χ1n) is 9.70. The zero-order chi connectivity index (χ0) is 20.6. The van der Waals surface area contributed by atoms with E-state index >= 15 is 0 Å². The molecule has 0 radical (unpaired) electrons. The maximum atomic E-state index is 12.3. The number of hydrogen-bond acceptors (Lipinski definition) is 7. The number of aliphatic imine (C=N–C) groups is 1. The largest absolute Gasteiger partial charge is 0.369 e. The summed E-state index contributed by atoms with van der Waals surface area (Å²) in [6.45, 7) is 0.361. The molecule has 9 nitrogen and oxygen atoms in total. The zero-order valence-electron chi connectivity index (χ0n) is 16.9. The summed E-state index contributed by atoms with van der Waals surface area (Å²) >= 11 is 1.55. The van der Waals surface area contributed by atoms with Crippen LogP contribution in [0.4, 0.5) is 0 Å². The van der Waals surface area contributed by atoms with Crippen LogP contribution in [-0.2, 0) is 14.8 Å². The van der Waals surface area contributed by atoms with E-state index in [1.54, 1.807) is 11.8 Å². The van der Waals surface area contributed by atoms with Crippen molar-refractivity contribution < 1.29 is 13.2 Å². The fraction of sp³-hybridized carbons (Fsp3) is 0.824. The van der Waals surface area contributed by atoms with Gasteiger partial charge in [0.2, 0.25) is 21.9 Å². The number of hydrogen-bond donors (Lipinski definition) is 3. The first-order valence-corrected chi connectivity index (χ1v) is 12.4. The summed E-state index contributed by atoms with van der Waals surface area (Å²) < 4.78 is 26.9. The Balaban J connectivity index is 0.00000420. The third kappa shape index (κ3) is 8.67. The van der Waals surface area contributed by atoms with Gasteiger partial charge in [-0.3, -0.25) is 14.5 Å². The van der Waals surface area contributed by atoms with E-state index in [-0.39, 0.29) is 41.9 Å². The van der Waals surface area contributed by atoms with Gasteiger partial charge >= 0.3 is 0 Å². The van der Waals surface area contributed by atoms with Gasteiger partial charge in [-0.05, 0) is 32.1 Å². The first-order chi connectivity index (χ1) is 13.3. The number of thioether (sulfide) groups is 1. The summed E-state index contributed by atoms with van der Waals surface area (Å²) in [5.74, 6) is 0.851. The minimum atomic E-state index is -3.47. The molecule has 0 bridgehead atoms. The summed E-state index contributed by atoms with van der Waals surface area (Å²) in [5.41, 5.74) is 11.7. The Morgan fingerprint density at radius 2 is 1.93 bits per heavy atom. The van der Waals surface area contributed by atoms with Crippen molar-refractivity contribution in [3.8, 4) is 6.07 Å². The van der Waals surface area contributed by atoms with E-state index < -0.39 is 22.1 Å². The van der Waals surface area contributed by atoms with Crippen molar-refractivity contribution in [2.45, 2.75) is 68.7 Å². The molecule has 0 aromatic heterocycles. The van der Waals surface area contributed by atoms with Crippen LogP contribution in [-0.4, -0.2) is 60.7 Å². The van der Waals surface area contributed by atoms with Gasteiger partial charge in [0.15, 0.2) is 0 Å². The second-order valence-corrected chi connectivity index (χ2v) is 10.2. The van der Waals surface area contributed by atoms with Crippen molar-refractivity contribution in [2.75, 3.05) is 18.2 Å². The standard InChI is InChI=1S/C17H30N6O3S2.2ClH/c18-10-13-11-27-12-23(13)16(24)15(19)8-4-5-9-21-17(20)22-28(25,26)14-6-2-1-3-7-14;;/h13-15H,1-9,11-12,19H2,(H3,20,21,22);2*1H/t13-,15+;;/m1../s1. The number of nitrogens with one attached hydrogen (secondary N) is 1. The predicted octanol–water partition coefficient (Wildman–Crippen LogP) is 1.32. The van der Waals surface area contributed by atoms with Crippen molar-refractivity contribution >= 4 is 58.5 Å². The molecule has 0 spiro atoms. The highest BCUT2D eigenvalue weighted by Crippen LogP contribution is 2.23. The Kier molecular flexibility index (Phi) is 13.8. The van der Waals surface area contributed by atoms with Gasteiger partial charge in [-0.2, -0.15) is 5.26 Å². The number of amides is 1. The van der Waals surface area contributed by atoms with Gasteiger partial charge in [-0.25, -0.2) is 8.42 Å². The minimum absolute atomic E-state index is 0. The third-order valence-corrected chi connectivity index (χ3v) is 7.93. The second kappa shape index (κ2) is 14.2. The molecule has 1 heterocycles. The van der Waals surface area contributed by atoms with Crippen LogP contribution in [0.3, 0.4) is 0 Å². The number of guanidine groups is 1. The average molecular weight is 504 g/mol. The Labute approximate surface area is 195 Å². The lowest BCUT2D eigenvalue weighted by molar-refractivity contribution is -0.132. The van der Waals surface area contributed by atoms with Gasteiger partial charge in [0.1, 0.15) is 6.04 Å². The SMILES string of the molecule is Cl.Cl.N#C[C@@H]1CSCN1C(=O)[C@@H](N)CCCCN=C(N)NS(=O)(=O)C1CCCCC1. The molecule has 1 aliphatic heterocycles. The van der Waals surface area contributed by atoms with E-state index in [1.807, 2.05) is 0 Å². The van der Waals surface area contributed by atoms with Crippen LogP contribution in [0.5, 0.6) is 0 Å². The molecule has 2 fully saturated rings. The van der Waals surface area contributed by atoms with E-state index in [4.69, 9.17) is 16.7 Å². The summed E-state index contributed by atoms with van der Waals surface area (Å²) in [6.07, 6.45) is 6.04. The third-order valence-electron chi connectivity index (χ3n) is 5.07. The van der Waals surface area contributed by atoms with Crippen molar-refractivity contribution in [1.82, 2.24) is 9.62 Å². The second-order valence-electron chi connectivity index (χ2n) is 7.23. The highest BCUT2D eigenvalue weighted by molar-refractivity contribution is 7.99. The van der Waals surface area contributed by atoms with Gasteiger partial charge in [-0.1, -0.05) is 19.3 Å². The Hall–Kier alpha value is -0.930. The molecule has 2 aliphatic rings. The van der Waals surface area contributed by atoms with Crippen molar-refractivity contribution in [1.29, 1.82) is 5.26 Å². The molecule has 13 heteroatoms. The van der Waals surface area contributed by atoms with E-state index in [0.717, 1.165) is 19.3 Å². The highest BCUT2D eigenvalue weighted by atomic mass is 35.5. The minimum Gasteiger partial charge on any atom is -0.369 e. The number of nitriles is 1. The van der Waals surface area contributed by atoms with E-state index in [9.17, 15) is 13.2 Å². The highest BCUT2D eigenvalue weighted by Gasteiger charge is 2.32. The van der Waals surface area contributed by atoms with Crippen molar-refractivity contribution in [2.24, 2.45) is 16.5 Å². The van der Waals surface area contributed by atoms with Crippen LogP contribution < -0.4 is 16.2 Å². The lowest BCUT2D eigenvalue weighted by atomic mass is 10.0. The fourth-order valence-corrected chi connectivity index (χ4v) is 5.98. The lowest BCUT2D eigenvalue weighted by Crippen LogP contribution is -2.46. The topological polar surface area (TPSA) is 155 Å². The van der Waals surface area contributed by atoms with Crippen LogP contribution in [0.2, 0.25) is 0 Å². The number of rotatable bonds is 8. The molecule has 0 aromatic rings. The van der Waals surface area contributed by atoms with Crippen LogP contribution in [0.25, 0.3) is 0 Å². The number of carbonyl (C=O) groups is 1. The molecule has 30 heavy (non-hydrogen) atoms. The molecule has 1 amide bonds. The molecule has 1 aliphatic carbocycles. The monoisotopic (exact) mass is 502 g/mol. The molecule has 0 unspecified atom stereocenters. The van der Waals surface area contributed by atoms with E-state index in [2.05, 4.69) is 15.8 Å². The average Bonchev–Trinajstić information content (AvgIpc) is 3.16. The number of carbonyl (C=O) groups excluding carboxylic acids is 1. The number of unbranched alkanes of at least 4 members (excludes halogenated alkanes) is 1. The Bertz CT molecular complexity index is 711. The Morgan fingerprint density at radius 3 is 2.57 bits per heavy atom. The number of sulfonamides is 1. The predicted molar refractivity (Wildman–Crippen MR) is 125 cm³/mol. The quantitative estimate of drug-likeness (QED) is 0.256. The molecule has 1 saturated heterocycles. The van der Waals surface area contributed by atoms with E-state index in [0.29, 0.717) is 50.3 Å². The van der Waals surface area contributed by atoms with Crippen molar-refractivity contribution in [3.05, 3.63) is 0 Å². The first kappa shape index (κ1) is 29.1. The number of nitrogens with two attached hydrogens (primary N) is 2. The van der Waals surface area contributed by atoms with E-state index in [1.165, 1.54) is 4.90 Å². The molecule has 2 rings (SSSR count). The van der Waals surface area contributed by atoms with Gasteiger partial charge in [-0.15, -0.1) is 36.6 Å². The summed E-state index contributed by atoms with van der Waals surface area (Å²) in [5, 5.41) is 8.67. The molecule has 1 saturated carbocycles. The molecule has 2 atom stereocenters. The number of nitrogens with zero attached hydrogens (tertiary/aromatic N) is 3. The van der Waals surface area contributed by atoms with Gasteiger partial charge in [0, 0.05) is 12.3 Å². The smallest absolute Gasteiger partial charge is 0.241 e. The maximum Gasteiger partial charge on any atom is 0.241 e. The summed E-state index contributed by atoms with van der Waals surface area (Å²) in [4.78, 5) is 17.9. The Morgan fingerprint density at radius 1 is 1.27 bits per heavy atom. The molecule has 5 N–H and O–H groups in total. The summed E-state index contributed by atoms with van der Waals surface area (Å²) in [7, 11) is -3.47. The summed E-state index contributed by atoms with van der Waals surface area (Å²) in [6, 6.07) is 1.09. The van der Waals surface area contributed by atoms with Crippen LogP contribution in [0.1, 0.15) is 51.4 Å². The van der Waals surface area contributed by atoms with Crippen LogP contribution >= 0.6 is 36.6 Å². The zero-order valence-corrected chi connectivity index (χ0v) is 20.1. The fourth-order valence-electron chi connectivity index (χ4n) is 3.42. The molecular weight excluding hydrogens is 471 g/mol. The molecule has 0 aromatic carbocycles. The maximum absolute atomic E-state index is 12.3. The lowest BCUT2D eigenvalue weighted by Gasteiger charge is -2.22. The molecule has 174 valence electrons. The van der Waals surface area contributed by atoms with Gasteiger partial charge in [0.05, 0.1) is 23.2 Å². The van der Waals surface area contributed by atoms with Gasteiger partial charge < -0.3 is 16.4 Å². The molecular formula is C17H32Cl2N6O3S2. The van der Waals surface area contributed by atoms with Crippen LogP contribution in [0.15, 0.2) is 4.99 Å². The van der Waals surface area contributed by atoms with Gasteiger partial charge in [0.25, 0.3) is 0 Å².